The average Bonchev–Trinajstić information content (AvgIpc) is 2.83. The van der Waals surface area contributed by atoms with E-state index in [0.717, 1.165) is 22.1 Å². The molecule has 2 aromatic rings. The van der Waals surface area contributed by atoms with Gasteiger partial charge >= 0.3 is 5.63 Å². The summed E-state index contributed by atoms with van der Waals surface area (Å²) >= 11 is 3.08. The highest BCUT2D eigenvalue weighted by Gasteiger charge is 2.13. The molecule has 3 rings (SSSR count). The van der Waals surface area contributed by atoms with Crippen molar-refractivity contribution in [2.24, 2.45) is 4.99 Å². The van der Waals surface area contributed by atoms with Gasteiger partial charge in [0.1, 0.15) is 14.9 Å². The Morgan fingerprint density at radius 1 is 1.35 bits per heavy atom. The molecular weight excluding hydrogens is 254 g/mol. The number of aliphatic imine (C=N–C) groups is 1. The van der Waals surface area contributed by atoms with Crippen LogP contribution in [0, 0.1) is 0 Å². The molecule has 5 heteroatoms. The van der Waals surface area contributed by atoms with Crippen molar-refractivity contribution >= 4 is 38.9 Å². The zero-order valence-electron chi connectivity index (χ0n) is 8.88. The molecule has 0 radical (unpaired) electrons. The first-order valence-electron chi connectivity index (χ1n) is 5.21. The molecule has 0 amide bonds. The third kappa shape index (κ3) is 2.25. The van der Waals surface area contributed by atoms with E-state index in [0.29, 0.717) is 10.5 Å². The van der Waals surface area contributed by atoms with Crippen LogP contribution in [0.3, 0.4) is 0 Å². The van der Waals surface area contributed by atoms with E-state index in [9.17, 15) is 4.79 Å². The van der Waals surface area contributed by atoms with Crippen molar-refractivity contribution in [3.63, 3.8) is 0 Å². The predicted octanol–water partition coefficient (Wildman–Crippen LogP) is 2.99. The minimum atomic E-state index is -0.288. The van der Waals surface area contributed by atoms with Gasteiger partial charge in [0.2, 0.25) is 0 Å². The Balaban J connectivity index is 2.04. The number of nitrogens with zero attached hydrogens (tertiary/aromatic N) is 1. The van der Waals surface area contributed by atoms with Gasteiger partial charge in [0.25, 0.3) is 0 Å². The SMILES string of the molecule is O=c1oc2ccccc2cc1SC1=NCCS1. The van der Waals surface area contributed by atoms with Gasteiger partial charge in [0.05, 0.1) is 6.54 Å². The zero-order valence-corrected chi connectivity index (χ0v) is 10.5. The van der Waals surface area contributed by atoms with Gasteiger partial charge in [0, 0.05) is 11.1 Å². The molecule has 3 nitrogen and oxygen atoms in total. The number of para-hydroxylation sites is 1. The van der Waals surface area contributed by atoms with Crippen LogP contribution in [0.15, 0.2) is 49.4 Å². The third-order valence-electron chi connectivity index (χ3n) is 2.36. The van der Waals surface area contributed by atoms with Crippen molar-refractivity contribution in [3.8, 4) is 0 Å². The van der Waals surface area contributed by atoms with Crippen molar-refractivity contribution in [1.29, 1.82) is 0 Å². The van der Waals surface area contributed by atoms with Crippen molar-refractivity contribution in [1.82, 2.24) is 0 Å². The average molecular weight is 263 g/mol. The lowest BCUT2D eigenvalue weighted by Crippen LogP contribution is -2.02. The maximum Gasteiger partial charge on any atom is 0.350 e. The molecule has 17 heavy (non-hydrogen) atoms. The summed E-state index contributed by atoms with van der Waals surface area (Å²) in [6, 6.07) is 9.39. The number of benzene rings is 1. The van der Waals surface area contributed by atoms with Crippen molar-refractivity contribution in [2.45, 2.75) is 4.90 Å². The van der Waals surface area contributed by atoms with E-state index < -0.39 is 0 Å². The predicted molar refractivity (Wildman–Crippen MR) is 73.1 cm³/mol. The first-order valence-corrected chi connectivity index (χ1v) is 7.01. The molecule has 0 saturated carbocycles. The van der Waals surface area contributed by atoms with Gasteiger partial charge in [0.15, 0.2) is 0 Å². The van der Waals surface area contributed by atoms with Crippen LogP contribution < -0.4 is 5.63 Å². The summed E-state index contributed by atoms with van der Waals surface area (Å²) in [6.45, 7) is 0.839. The molecule has 1 aliphatic heterocycles. The van der Waals surface area contributed by atoms with E-state index in [1.807, 2.05) is 24.3 Å². The van der Waals surface area contributed by atoms with E-state index in [1.165, 1.54) is 11.8 Å². The maximum atomic E-state index is 11.8. The maximum absolute atomic E-state index is 11.8. The molecule has 1 aromatic carbocycles. The van der Waals surface area contributed by atoms with Crippen LogP contribution in [0.4, 0.5) is 0 Å². The second-order valence-electron chi connectivity index (χ2n) is 3.53. The largest absolute Gasteiger partial charge is 0.422 e. The normalized spacial score (nSPS) is 15.2. The van der Waals surface area contributed by atoms with E-state index in [-0.39, 0.29) is 5.63 Å². The fourth-order valence-corrected chi connectivity index (χ4v) is 3.54. The smallest absolute Gasteiger partial charge is 0.350 e. The molecule has 86 valence electrons. The first kappa shape index (κ1) is 10.9. The van der Waals surface area contributed by atoms with Gasteiger partial charge in [-0.25, -0.2) is 4.79 Å². The van der Waals surface area contributed by atoms with Crippen LogP contribution in [0.25, 0.3) is 11.0 Å². The van der Waals surface area contributed by atoms with Crippen LogP contribution >= 0.6 is 23.5 Å². The number of rotatable bonds is 1. The summed E-state index contributed by atoms with van der Waals surface area (Å²) in [5, 5.41) is 0.943. The number of hydrogen-bond donors (Lipinski definition) is 0. The van der Waals surface area contributed by atoms with Gasteiger partial charge in [-0.2, -0.15) is 0 Å². The fraction of sp³-hybridized carbons (Fsp3) is 0.167. The Morgan fingerprint density at radius 2 is 2.24 bits per heavy atom. The van der Waals surface area contributed by atoms with Crippen LogP contribution in [-0.2, 0) is 0 Å². The molecule has 1 aromatic heterocycles. The Morgan fingerprint density at radius 3 is 3.06 bits per heavy atom. The Hall–Kier alpha value is -1.20. The summed E-state index contributed by atoms with van der Waals surface area (Å²) in [4.78, 5) is 16.7. The molecule has 2 heterocycles. The van der Waals surface area contributed by atoms with Crippen LogP contribution in [0.1, 0.15) is 0 Å². The molecule has 0 unspecified atom stereocenters. The number of thioether (sulfide) groups is 2. The first-order chi connectivity index (χ1) is 8.33. The molecule has 0 N–H and O–H groups in total. The molecule has 0 saturated heterocycles. The lowest BCUT2D eigenvalue weighted by molar-refractivity contribution is 0.544. The van der Waals surface area contributed by atoms with E-state index in [4.69, 9.17) is 4.42 Å². The minimum absolute atomic E-state index is 0.288. The number of fused-ring (bicyclic) bond motifs is 1. The van der Waals surface area contributed by atoms with Crippen LogP contribution in [0.2, 0.25) is 0 Å². The van der Waals surface area contributed by atoms with Crippen LogP contribution in [-0.4, -0.2) is 16.7 Å². The third-order valence-corrected chi connectivity index (χ3v) is 4.54. The fourth-order valence-electron chi connectivity index (χ4n) is 1.59. The molecule has 0 bridgehead atoms. The monoisotopic (exact) mass is 263 g/mol. The summed E-state index contributed by atoms with van der Waals surface area (Å²) < 4.78 is 6.21. The highest BCUT2D eigenvalue weighted by Crippen LogP contribution is 2.28. The lowest BCUT2D eigenvalue weighted by atomic mass is 10.2. The molecule has 0 fully saturated rings. The van der Waals surface area contributed by atoms with Crippen molar-refractivity contribution in [3.05, 3.63) is 40.8 Å². The zero-order chi connectivity index (χ0) is 11.7. The minimum Gasteiger partial charge on any atom is -0.422 e. The van der Waals surface area contributed by atoms with E-state index in [1.54, 1.807) is 17.8 Å². The Kier molecular flexibility index (Phi) is 2.94. The molecule has 1 aliphatic rings. The molecule has 0 atom stereocenters. The van der Waals surface area contributed by atoms with Crippen LogP contribution in [0.5, 0.6) is 0 Å². The highest BCUT2D eigenvalue weighted by atomic mass is 32.2. The quantitative estimate of drug-likeness (QED) is 0.742. The summed E-state index contributed by atoms with van der Waals surface area (Å²) in [5.74, 6) is 1.00. The second kappa shape index (κ2) is 4.58. The topological polar surface area (TPSA) is 42.6 Å². The van der Waals surface area contributed by atoms with Gasteiger partial charge in [-0.1, -0.05) is 41.7 Å². The molecular formula is C12H9NO2S2. The van der Waals surface area contributed by atoms with E-state index >= 15 is 0 Å². The summed E-state index contributed by atoms with van der Waals surface area (Å²) in [6.07, 6.45) is 0. The lowest BCUT2D eigenvalue weighted by Gasteiger charge is -2.00. The molecule has 0 aliphatic carbocycles. The van der Waals surface area contributed by atoms with Crippen molar-refractivity contribution < 1.29 is 4.42 Å². The number of hydrogen-bond acceptors (Lipinski definition) is 5. The second-order valence-corrected chi connectivity index (χ2v) is 5.91. The Labute approximate surface area is 106 Å². The van der Waals surface area contributed by atoms with Crippen molar-refractivity contribution in [2.75, 3.05) is 12.3 Å². The van der Waals surface area contributed by atoms with Gasteiger partial charge in [-0.15, -0.1) is 0 Å². The van der Waals surface area contributed by atoms with Gasteiger partial charge in [-0.3, -0.25) is 4.99 Å². The summed E-state index contributed by atoms with van der Waals surface area (Å²) in [5.41, 5.74) is 0.340. The Bertz CT molecular complexity index is 648. The standard InChI is InChI=1S/C12H9NO2S2/c14-11-10(17-12-13-5-6-16-12)7-8-3-1-2-4-9(8)15-11/h1-4,7H,5-6H2. The molecule has 0 spiro atoms. The van der Waals surface area contributed by atoms with Gasteiger partial charge in [-0.05, 0) is 12.1 Å². The summed E-state index contributed by atoms with van der Waals surface area (Å²) in [7, 11) is 0. The van der Waals surface area contributed by atoms with E-state index in [2.05, 4.69) is 4.99 Å². The van der Waals surface area contributed by atoms with Gasteiger partial charge < -0.3 is 4.42 Å². The highest BCUT2D eigenvalue weighted by molar-refractivity contribution is 8.39.